The first kappa shape index (κ1) is 72.9. The number of para-hydroxylation sites is 4. The highest BCUT2D eigenvalue weighted by molar-refractivity contribution is 8.13. The summed E-state index contributed by atoms with van der Waals surface area (Å²) in [4.78, 5) is 18.0. The van der Waals surface area contributed by atoms with Crippen LogP contribution in [0.2, 0.25) is 0 Å². The molecule has 10 heterocycles. The number of aliphatic hydroxyl groups excluding tert-OH is 2. The van der Waals surface area contributed by atoms with E-state index in [0.29, 0.717) is 32.3 Å². The number of aromatic nitrogens is 4. The first-order valence-corrected chi connectivity index (χ1v) is 35.0. The van der Waals surface area contributed by atoms with Gasteiger partial charge in [0.05, 0.1) is 66.4 Å². The summed E-state index contributed by atoms with van der Waals surface area (Å²) < 4.78 is 64.3. The first-order valence-electron chi connectivity index (χ1n) is 31.2. The van der Waals surface area contributed by atoms with Crippen LogP contribution in [0.15, 0.2) is 162 Å². The maximum Gasteiger partial charge on any atom is 0.297 e. The number of benzene rings is 6. The number of nitrogens with one attached hydrogen (secondary N) is 5. The molecule has 25 nitrogen and oxygen atoms in total. The van der Waals surface area contributed by atoms with Crippen LogP contribution in [0, 0.1) is 10.4 Å². The number of halogens is 1. The summed E-state index contributed by atoms with van der Waals surface area (Å²) >= 11 is 0. The Balaban J connectivity index is 0.000000134. The molecule has 28 heteroatoms. The minimum Gasteiger partial charge on any atom is -0.733 e. The molecule has 0 bridgehead atoms. The summed E-state index contributed by atoms with van der Waals surface area (Å²) in [5, 5.41) is 63.8. The molecule has 6 aliphatic heterocycles. The minimum absolute atomic E-state index is 0. The highest BCUT2D eigenvalue weighted by atomic mass is 35.7. The van der Waals surface area contributed by atoms with Crippen LogP contribution < -0.4 is 27.2 Å². The lowest BCUT2D eigenvalue weighted by molar-refractivity contribution is 0.111. The van der Waals surface area contributed by atoms with E-state index < -0.39 is 35.7 Å². The molecule has 16 rings (SSSR count). The Morgan fingerprint density at radius 3 is 1.60 bits per heavy atom. The Hall–Kier alpha value is -7.33. The van der Waals surface area contributed by atoms with Gasteiger partial charge in [-0.15, -0.1) is 0 Å². The molecule has 0 radical (unpaired) electrons. The average molecular weight is 1380 g/mol. The third kappa shape index (κ3) is 20.4. The van der Waals surface area contributed by atoms with Crippen LogP contribution in [0.1, 0.15) is 46.8 Å². The SMILES string of the molecule is C.NCC(O)CN1CCc2c([nH]c3ccccc23)C1.NCCc1c[nH]c2ccccc12.O=S(=O)(Cl)c1cccc(N([O-])O)c1.O=S(=O)(OCC1CO1)c1cccc(N([O-])O)c1.OCC1CO1.c1ccc2c3c([nH]c2c1)CN(CC1CO1)CC3.c1ccc2c3c([nH]c2c1)CNCC3. The summed E-state index contributed by atoms with van der Waals surface area (Å²) in [7, 11) is -2.79. The molecule has 0 saturated carbocycles. The minimum atomic E-state index is -3.93. The van der Waals surface area contributed by atoms with E-state index in [9.17, 15) is 32.4 Å². The van der Waals surface area contributed by atoms with Crippen LogP contribution in [0.25, 0.3) is 43.6 Å². The number of hydrogen-bond acceptors (Lipinski definition) is 21. The normalized spacial score (nSPS) is 17.8. The van der Waals surface area contributed by atoms with Gasteiger partial charge in [-0.2, -0.15) is 8.42 Å². The van der Waals surface area contributed by atoms with Gasteiger partial charge in [0.2, 0.25) is 0 Å². The van der Waals surface area contributed by atoms with Gasteiger partial charge in [0, 0.05) is 130 Å². The van der Waals surface area contributed by atoms with E-state index in [1.807, 2.05) is 12.3 Å². The highest BCUT2D eigenvalue weighted by Crippen LogP contribution is 2.31. The van der Waals surface area contributed by atoms with Crippen molar-refractivity contribution in [1.29, 1.82) is 0 Å². The van der Waals surface area contributed by atoms with Crippen LogP contribution in [0.5, 0.6) is 0 Å². The molecule has 516 valence electrons. The molecule has 0 amide bonds. The van der Waals surface area contributed by atoms with Gasteiger partial charge in [-0.1, -0.05) is 92.4 Å². The van der Waals surface area contributed by atoms with Crippen molar-refractivity contribution < 1.29 is 55.9 Å². The van der Waals surface area contributed by atoms with E-state index in [-0.39, 0.29) is 54.0 Å². The van der Waals surface area contributed by atoms with E-state index in [4.69, 9.17) is 51.3 Å². The van der Waals surface area contributed by atoms with Crippen molar-refractivity contribution in [1.82, 2.24) is 35.1 Å². The average Bonchev–Trinajstić information content (AvgIpc) is 1.63. The maximum absolute atomic E-state index is 11.7. The van der Waals surface area contributed by atoms with Crippen LogP contribution in [-0.2, 0) is 82.9 Å². The summed E-state index contributed by atoms with van der Waals surface area (Å²) in [5.41, 5.74) is 25.4. The third-order valence-electron chi connectivity index (χ3n) is 16.4. The van der Waals surface area contributed by atoms with Crippen molar-refractivity contribution in [2.24, 2.45) is 11.5 Å². The Labute approximate surface area is 562 Å². The second-order valence-electron chi connectivity index (χ2n) is 23.3. The predicted octanol–water partition coefficient (Wildman–Crippen LogP) is 8.06. The Morgan fingerprint density at radius 2 is 1.10 bits per heavy atom. The standard InChI is InChI=1S/C14H19N3O.C14H16N2O.C11H12N2.C10H12N2.C9H10NO6S.C6H5ClNO4S.C3H6O2.CH4/c15-7-10(18)8-17-6-5-12-11-3-1-2-4-13(11)16-14(12)9-17;1-2-4-13-11(3-1)12-5-6-16(7-10-9-17-10)8-14(12)15-13;1-2-4-10-8(3-1)9-5-6-12-7-11(9)13-10;11-6-5-8-7-12-10-4-2-1-3-9(8)10;11-10(12)7-2-1-3-9(4-7)17(13,14)16-6-8-5-15-8;7-13(11,12)6-3-1-2-5(4-6)8(9)10;4-1-3-2-5-3;/h1-4,10,16,18H,5-9,15H2;1-4,10,15H,5-9H2;1-4,12-13H,5-7H2;1-4,7,12H,5-6,11H2;1-4,8,11H,5-6H2;1-4,9H;3-4H,1-2H2;1H4/q;;;;2*-1;;. The molecule has 3 saturated heterocycles. The molecule has 4 aromatic heterocycles. The third-order valence-corrected chi connectivity index (χ3v) is 19.1. The van der Waals surface area contributed by atoms with E-state index in [2.05, 4.69) is 131 Å². The van der Waals surface area contributed by atoms with Gasteiger partial charge in [0.25, 0.3) is 19.2 Å². The second-order valence-corrected chi connectivity index (χ2v) is 27.5. The van der Waals surface area contributed by atoms with Crippen molar-refractivity contribution >= 4 is 84.8 Å². The number of hydrogen-bond donors (Lipinski definition) is 11. The van der Waals surface area contributed by atoms with E-state index in [1.165, 1.54) is 119 Å². The fourth-order valence-corrected chi connectivity index (χ4v) is 13.1. The number of ether oxygens (including phenoxy) is 3. The van der Waals surface area contributed by atoms with Gasteiger partial charge >= 0.3 is 0 Å². The number of aromatic amines is 4. The second kappa shape index (κ2) is 34.2. The molecular formula is C68H84ClN11O14S2-2. The number of epoxide rings is 3. The number of β-amino-alcohol motifs (C(OH)–C–C–N with tert-alkyl or cyclic N) is 1. The van der Waals surface area contributed by atoms with Gasteiger partial charge in [-0.3, -0.25) is 24.4 Å². The predicted molar refractivity (Wildman–Crippen MR) is 372 cm³/mol. The molecule has 6 aromatic carbocycles. The molecule has 6 aliphatic rings. The van der Waals surface area contributed by atoms with Crippen molar-refractivity contribution in [3.8, 4) is 0 Å². The number of nitrogens with zero attached hydrogens (tertiary/aromatic N) is 4. The van der Waals surface area contributed by atoms with Crippen molar-refractivity contribution in [2.75, 3.05) is 89.3 Å². The lowest BCUT2D eigenvalue weighted by atomic mass is 10.0. The van der Waals surface area contributed by atoms with E-state index >= 15 is 0 Å². The van der Waals surface area contributed by atoms with Gasteiger partial charge in [-0.25, -0.2) is 8.42 Å². The quantitative estimate of drug-likeness (QED) is 0.0200. The zero-order chi connectivity index (χ0) is 67.1. The maximum atomic E-state index is 11.7. The van der Waals surface area contributed by atoms with Gasteiger partial charge < -0.3 is 82.0 Å². The topological polar surface area (TPSA) is 382 Å². The summed E-state index contributed by atoms with van der Waals surface area (Å²) in [6.07, 6.45) is 6.43. The van der Waals surface area contributed by atoms with Gasteiger partial charge in [0.15, 0.2) is 0 Å². The lowest BCUT2D eigenvalue weighted by Crippen LogP contribution is -2.39. The van der Waals surface area contributed by atoms with Crippen LogP contribution in [-0.4, -0.2) is 170 Å². The van der Waals surface area contributed by atoms with E-state index in [0.717, 1.165) is 96.8 Å². The van der Waals surface area contributed by atoms with Crippen molar-refractivity contribution in [3.05, 3.63) is 202 Å². The molecule has 10 aromatic rings. The fourth-order valence-electron chi connectivity index (χ4n) is 11.3. The molecular weight excluding hydrogens is 1290 g/mol. The number of H-pyrrole nitrogens is 4. The zero-order valence-corrected chi connectivity index (χ0v) is 54.6. The first-order chi connectivity index (χ1) is 45.9. The van der Waals surface area contributed by atoms with Crippen LogP contribution in [0.3, 0.4) is 0 Å². The molecule has 3 fully saturated rings. The Bertz CT molecular complexity index is 4340. The Kier molecular flexibility index (Phi) is 26.0. The molecule has 0 aliphatic carbocycles. The molecule has 96 heavy (non-hydrogen) atoms. The molecule has 13 N–H and O–H groups in total. The smallest absolute Gasteiger partial charge is 0.297 e. The van der Waals surface area contributed by atoms with Gasteiger partial charge in [0.1, 0.15) is 12.2 Å². The number of rotatable bonds is 15. The lowest BCUT2D eigenvalue weighted by Gasteiger charge is -2.28. The van der Waals surface area contributed by atoms with Crippen molar-refractivity contribution in [3.63, 3.8) is 0 Å². The van der Waals surface area contributed by atoms with E-state index in [1.54, 1.807) is 0 Å². The van der Waals surface area contributed by atoms with Crippen molar-refractivity contribution in [2.45, 2.75) is 87.0 Å². The summed E-state index contributed by atoms with van der Waals surface area (Å²) in [6, 6.07) is 43.5. The number of fused-ring (bicyclic) bond motifs is 10. The molecule has 4 unspecified atom stereocenters. The largest absolute Gasteiger partial charge is 0.733 e. The fraction of sp³-hybridized carbons (Fsp3) is 0.353. The monoisotopic (exact) mass is 1380 g/mol. The zero-order valence-electron chi connectivity index (χ0n) is 52.2. The summed E-state index contributed by atoms with van der Waals surface area (Å²) in [6.45, 7) is 11.3. The molecule has 0 spiro atoms. The summed E-state index contributed by atoms with van der Waals surface area (Å²) in [5.74, 6) is 0. The molecule has 4 atom stereocenters. The van der Waals surface area contributed by atoms with Gasteiger partial charge in [-0.05, 0) is 122 Å². The number of nitrogens with two attached hydrogens (primary N) is 2. The van der Waals surface area contributed by atoms with Crippen LogP contribution in [0.4, 0.5) is 11.4 Å². The Morgan fingerprint density at radius 1 is 0.625 bits per heavy atom. The van der Waals surface area contributed by atoms with Crippen LogP contribution >= 0.6 is 10.7 Å². The number of anilines is 2. The highest BCUT2D eigenvalue weighted by Gasteiger charge is 2.30. The number of aliphatic hydroxyl groups is 2.